The Hall–Kier alpha value is -2.70. The number of anilines is 2. The summed E-state index contributed by atoms with van der Waals surface area (Å²) < 4.78 is 14.1. The van der Waals surface area contributed by atoms with Gasteiger partial charge >= 0.3 is 5.97 Å². The predicted octanol–water partition coefficient (Wildman–Crippen LogP) is 2.72. The Morgan fingerprint density at radius 3 is 2.65 bits per heavy atom. The Labute approximate surface area is 151 Å². The number of hydrogen-bond acceptors (Lipinski definition) is 5. The zero-order valence-corrected chi connectivity index (χ0v) is 14.9. The van der Waals surface area contributed by atoms with Crippen molar-refractivity contribution in [3.8, 4) is 0 Å². The van der Waals surface area contributed by atoms with Crippen LogP contribution in [0.3, 0.4) is 0 Å². The molecule has 0 atom stereocenters. The highest BCUT2D eigenvalue weighted by molar-refractivity contribution is 5.85. The van der Waals surface area contributed by atoms with E-state index in [1.807, 2.05) is 11.0 Å². The number of hydrogen-bond donors (Lipinski definition) is 1. The molecule has 1 fully saturated rings. The van der Waals surface area contributed by atoms with Crippen LogP contribution >= 0.6 is 0 Å². The third kappa shape index (κ3) is 3.09. The summed E-state index contributed by atoms with van der Waals surface area (Å²) in [6.07, 6.45) is 2.28. The van der Waals surface area contributed by atoms with E-state index in [4.69, 9.17) is 5.11 Å². The molecule has 136 valence electrons. The fraction of sp³-hybridized carbons (Fsp3) is 0.421. The molecule has 2 aliphatic heterocycles. The van der Waals surface area contributed by atoms with Gasteiger partial charge in [0.1, 0.15) is 11.5 Å². The smallest absolute Gasteiger partial charge is 0.354 e. The summed E-state index contributed by atoms with van der Waals surface area (Å²) in [6.45, 7) is 7.41. The van der Waals surface area contributed by atoms with E-state index in [1.54, 1.807) is 12.3 Å². The van der Waals surface area contributed by atoms with E-state index in [0.717, 1.165) is 29.9 Å². The molecule has 1 saturated heterocycles. The first kappa shape index (κ1) is 16.8. The van der Waals surface area contributed by atoms with E-state index < -0.39 is 11.9 Å². The maximum Gasteiger partial charge on any atom is 0.354 e. The van der Waals surface area contributed by atoms with Crippen LogP contribution in [0.1, 0.15) is 35.5 Å². The van der Waals surface area contributed by atoms with Crippen LogP contribution in [0, 0.1) is 11.4 Å². The molecule has 0 amide bonds. The lowest BCUT2D eigenvalue weighted by Gasteiger charge is -2.47. The van der Waals surface area contributed by atoms with Crippen LogP contribution < -0.4 is 9.80 Å². The fourth-order valence-electron chi connectivity index (χ4n) is 3.74. The van der Waals surface area contributed by atoms with E-state index in [-0.39, 0.29) is 11.1 Å². The number of rotatable bonds is 3. The SMILES string of the molecule is CC1(C)CN(c2cc(F)nc(N3CCc4cc(C(=O)O)ncc4C3)c2)C1. The number of pyridine rings is 2. The molecule has 26 heavy (non-hydrogen) atoms. The molecule has 0 unspecified atom stereocenters. The second-order valence-corrected chi connectivity index (χ2v) is 7.84. The molecule has 0 aliphatic carbocycles. The number of carboxylic acids is 1. The molecule has 4 heterocycles. The molecule has 2 aliphatic rings. The average molecular weight is 356 g/mol. The number of nitrogens with zero attached hydrogens (tertiary/aromatic N) is 4. The molecule has 6 nitrogen and oxygen atoms in total. The number of fused-ring (bicyclic) bond motifs is 1. The van der Waals surface area contributed by atoms with Gasteiger partial charge < -0.3 is 14.9 Å². The van der Waals surface area contributed by atoms with Crippen molar-refractivity contribution in [3.05, 3.63) is 47.2 Å². The molecule has 7 heteroatoms. The first-order valence-corrected chi connectivity index (χ1v) is 8.69. The maximum absolute atomic E-state index is 14.1. The molecule has 4 rings (SSSR count). The van der Waals surface area contributed by atoms with Crippen molar-refractivity contribution >= 4 is 17.5 Å². The van der Waals surface area contributed by atoms with Gasteiger partial charge in [-0.15, -0.1) is 0 Å². The van der Waals surface area contributed by atoms with Crippen molar-refractivity contribution in [2.75, 3.05) is 29.4 Å². The summed E-state index contributed by atoms with van der Waals surface area (Å²) in [4.78, 5) is 23.3. The van der Waals surface area contributed by atoms with Gasteiger partial charge in [0.15, 0.2) is 0 Å². The van der Waals surface area contributed by atoms with Gasteiger partial charge in [0.05, 0.1) is 0 Å². The van der Waals surface area contributed by atoms with Gasteiger partial charge in [-0.25, -0.2) is 14.8 Å². The highest BCUT2D eigenvalue weighted by atomic mass is 19.1. The zero-order valence-electron chi connectivity index (χ0n) is 14.9. The fourth-order valence-corrected chi connectivity index (χ4v) is 3.74. The van der Waals surface area contributed by atoms with E-state index in [1.165, 1.54) is 6.07 Å². The molecule has 2 aromatic heterocycles. The van der Waals surface area contributed by atoms with Crippen LogP contribution in [-0.2, 0) is 13.0 Å². The summed E-state index contributed by atoms with van der Waals surface area (Å²) in [7, 11) is 0. The Morgan fingerprint density at radius 1 is 1.19 bits per heavy atom. The van der Waals surface area contributed by atoms with Crippen LogP contribution in [0.25, 0.3) is 0 Å². The van der Waals surface area contributed by atoms with Crippen molar-refractivity contribution < 1.29 is 14.3 Å². The highest BCUT2D eigenvalue weighted by Crippen LogP contribution is 2.35. The molecular weight excluding hydrogens is 335 g/mol. The predicted molar refractivity (Wildman–Crippen MR) is 96.1 cm³/mol. The van der Waals surface area contributed by atoms with Gasteiger partial charge in [-0.1, -0.05) is 13.8 Å². The summed E-state index contributed by atoms with van der Waals surface area (Å²) >= 11 is 0. The monoisotopic (exact) mass is 356 g/mol. The lowest BCUT2D eigenvalue weighted by molar-refractivity contribution is 0.0690. The summed E-state index contributed by atoms with van der Waals surface area (Å²) in [6, 6.07) is 5.04. The summed E-state index contributed by atoms with van der Waals surface area (Å²) in [5, 5.41) is 9.07. The third-order valence-electron chi connectivity index (χ3n) is 5.01. The lowest BCUT2D eigenvalue weighted by Crippen LogP contribution is -2.53. The van der Waals surface area contributed by atoms with Gasteiger partial charge in [-0.2, -0.15) is 4.39 Å². The Balaban J connectivity index is 1.57. The van der Waals surface area contributed by atoms with Crippen molar-refractivity contribution in [2.24, 2.45) is 5.41 Å². The average Bonchev–Trinajstić information content (AvgIpc) is 2.58. The zero-order chi connectivity index (χ0) is 18.5. The van der Waals surface area contributed by atoms with Crippen molar-refractivity contribution in [1.29, 1.82) is 0 Å². The van der Waals surface area contributed by atoms with Gasteiger partial charge in [0.25, 0.3) is 0 Å². The van der Waals surface area contributed by atoms with E-state index >= 15 is 0 Å². The highest BCUT2D eigenvalue weighted by Gasteiger charge is 2.34. The topological polar surface area (TPSA) is 69.6 Å². The summed E-state index contributed by atoms with van der Waals surface area (Å²) in [5.41, 5.74) is 3.12. The molecule has 0 spiro atoms. The summed E-state index contributed by atoms with van der Waals surface area (Å²) in [5.74, 6) is -0.894. The van der Waals surface area contributed by atoms with Gasteiger partial charge in [0.2, 0.25) is 5.95 Å². The number of carbonyl (C=O) groups is 1. The minimum Gasteiger partial charge on any atom is -0.477 e. The van der Waals surface area contributed by atoms with Gasteiger partial charge in [0, 0.05) is 50.2 Å². The number of halogens is 1. The number of aromatic carboxylic acids is 1. The Bertz CT molecular complexity index is 876. The van der Waals surface area contributed by atoms with E-state index in [0.29, 0.717) is 25.3 Å². The Morgan fingerprint density at radius 2 is 1.96 bits per heavy atom. The molecule has 2 aromatic rings. The normalized spacial score (nSPS) is 18.3. The van der Waals surface area contributed by atoms with Crippen molar-refractivity contribution in [3.63, 3.8) is 0 Å². The molecule has 0 radical (unpaired) electrons. The minimum atomic E-state index is -1.02. The van der Waals surface area contributed by atoms with Crippen LogP contribution in [0.4, 0.5) is 15.9 Å². The standard InChI is InChI=1S/C19H21FN4O2/c1-19(2)10-24(11-19)14-6-16(20)22-17(7-14)23-4-3-12-5-15(18(25)26)21-8-13(12)9-23/h5-8H,3-4,9-11H2,1-2H3,(H,25,26). The van der Waals surface area contributed by atoms with E-state index in [2.05, 4.69) is 28.7 Å². The maximum atomic E-state index is 14.1. The van der Waals surface area contributed by atoms with Crippen LogP contribution in [0.5, 0.6) is 0 Å². The molecular formula is C19H21FN4O2. The number of aromatic nitrogens is 2. The van der Waals surface area contributed by atoms with Gasteiger partial charge in [-0.05, 0) is 29.0 Å². The van der Waals surface area contributed by atoms with Crippen LogP contribution in [0.2, 0.25) is 0 Å². The quantitative estimate of drug-likeness (QED) is 0.853. The minimum absolute atomic E-state index is 0.0590. The first-order valence-electron chi connectivity index (χ1n) is 8.69. The first-order chi connectivity index (χ1) is 12.3. The molecule has 0 aromatic carbocycles. The molecule has 1 N–H and O–H groups in total. The number of carboxylic acid groups (broad SMARTS) is 1. The second kappa shape index (κ2) is 5.93. The second-order valence-electron chi connectivity index (χ2n) is 7.84. The van der Waals surface area contributed by atoms with E-state index in [9.17, 15) is 9.18 Å². The van der Waals surface area contributed by atoms with Gasteiger partial charge in [-0.3, -0.25) is 0 Å². The molecule has 0 saturated carbocycles. The Kier molecular flexibility index (Phi) is 3.82. The molecule has 0 bridgehead atoms. The van der Waals surface area contributed by atoms with Crippen LogP contribution in [0.15, 0.2) is 24.4 Å². The van der Waals surface area contributed by atoms with Crippen LogP contribution in [-0.4, -0.2) is 40.7 Å². The lowest BCUT2D eigenvalue weighted by atomic mass is 9.84. The van der Waals surface area contributed by atoms with Crippen molar-refractivity contribution in [1.82, 2.24) is 9.97 Å². The third-order valence-corrected chi connectivity index (χ3v) is 5.01. The van der Waals surface area contributed by atoms with Crippen molar-refractivity contribution in [2.45, 2.75) is 26.8 Å². The largest absolute Gasteiger partial charge is 0.477 e.